The second kappa shape index (κ2) is 4.81. The fourth-order valence-corrected chi connectivity index (χ4v) is 1.87. The first-order valence-electron chi connectivity index (χ1n) is 5.75. The predicted molar refractivity (Wildman–Crippen MR) is 71.1 cm³/mol. The maximum atomic E-state index is 13.6. The summed E-state index contributed by atoms with van der Waals surface area (Å²) in [5.41, 5.74) is 4.54. The standard InChI is InChI=1S/C13H15FN4O/c1-6-4-9(5-7(2)11(6)19)12-16-8(3)10(14)13(17-12)18-15/h4-5,19H,15H2,1-3H3,(H,16,17,18). The molecule has 2 aromatic rings. The third-order valence-corrected chi connectivity index (χ3v) is 2.90. The Morgan fingerprint density at radius 2 is 1.74 bits per heavy atom. The average molecular weight is 262 g/mol. The van der Waals surface area contributed by atoms with E-state index in [9.17, 15) is 9.50 Å². The average Bonchev–Trinajstić information content (AvgIpc) is 2.38. The SMILES string of the molecule is Cc1cc(-c2nc(C)c(F)c(NN)n2)cc(C)c1O. The van der Waals surface area contributed by atoms with Gasteiger partial charge in [0.05, 0.1) is 5.69 Å². The maximum absolute atomic E-state index is 13.6. The smallest absolute Gasteiger partial charge is 0.187 e. The van der Waals surface area contributed by atoms with Crippen LogP contribution in [0.25, 0.3) is 11.4 Å². The van der Waals surface area contributed by atoms with E-state index in [1.807, 2.05) is 0 Å². The molecule has 19 heavy (non-hydrogen) atoms. The summed E-state index contributed by atoms with van der Waals surface area (Å²) in [7, 11) is 0. The van der Waals surface area contributed by atoms with Crippen LogP contribution in [-0.2, 0) is 0 Å². The number of nitrogens with two attached hydrogens (primary N) is 1. The predicted octanol–water partition coefficient (Wildman–Crippen LogP) is 2.20. The van der Waals surface area contributed by atoms with Gasteiger partial charge in [-0.05, 0) is 44.0 Å². The molecule has 0 radical (unpaired) electrons. The lowest BCUT2D eigenvalue weighted by Crippen LogP contribution is -2.13. The van der Waals surface area contributed by atoms with Gasteiger partial charge in [-0.3, -0.25) is 0 Å². The number of nitrogens with one attached hydrogen (secondary N) is 1. The summed E-state index contributed by atoms with van der Waals surface area (Å²) in [6.45, 7) is 5.11. The minimum absolute atomic E-state index is 0.0501. The number of benzene rings is 1. The second-order valence-electron chi connectivity index (χ2n) is 4.40. The number of nitrogen functional groups attached to an aromatic ring is 1. The van der Waals surface area contributed by atoms with Gasteiger partial charge in [0, 0.05) is 5.56 Å². The minimum Gasteiger partial charge on any atom is -0.507 e. The summed E-state index contributed by atoms with van der Waals surface area (Å²) in [6.07, 6.45) is 0. The number of anilines is 1. The van der Waals surface area contributed by atoms with Gasteiger partial charge in [0.15, 0.2) is 17.5 Å². The minimum atomic E-state index is -0.571. The number of hydrogen-bond donors (Lipinski definition) is 3. The van der Waals surface area contributed by atoms with Crippen LogP contribution in [0.15, 0.2) is 12.1 Å². The summed E-state index contributed by atoms with van der Waals surface area (Å²) in [6, 6.07) is 3.49. The maximum Gasteiger partial charge on any atom is 0.187 e. The third-order valence-electron chi connectivity index (χ3n) is 2.90. The monoisotopic (exact) mass is 262 g/mol. The summed E-state index contributed by atoms with van der Waals surface area (Å²) in [4.78, 5) is 8.13. The zero-order chi connectivity index (χ0) is 14.2. The highest BCUT2D eigenvalue weighted by Gasteiger charge is 2.13. The number of hydrazine groups is 1. The molecule has 0 spiro atoms. The Kier molecular flexibility index (Phi) is 3.35. The molecule has 0 aliphatic carbocycles. The van der Waals surface area contributed by atoms with Crippen LogP contribution in [0.2, 0.25) is 0 Å². The Labute approximate surface area is 110 Å². The van der Waals surface area contributed by atoms with Crippen molar-refractivity contribution in [2.75, 3.05) is 5.43 Å². The molecule has 0 bridgehead atoms. The summed E-state index contributed by atoms with van der Waals surface area (Å²) in [5.74, 6) is 5.20. The van der Waals surface area contributed by atoms with Crippen LogP contribution in [0.4, 0.5) is 10.2 Å². The molecular formula is C13H15FN4O. The summed E-state index contributed by atoms with van der Waals surface area (Å²) in [5, 5.41) is 9.74. The van der Waals surface area contributed by atoms with E-state index in [4.69, 9.17) is 5.84 Å². The van der Waals surface area contributed by atoms with Crippen LogP contribution in [-0.4, -0.2) is 15.1 Å². The van der Waals surface area contributed by atoms with Gasteiger partial charge in [-0.15, -0.1) is 0 Å². The Balaban J connectivity index is 2.62. The first-order chi connectivity index (χ1) is 8.93. The molecule has 100 valence electrons. The molecule has 5 nitrogen and oxygen atoms in total. The van der Waals surface area contributed by atoms with Gasteiger partial charge in [-0.25, -0.2) is 20.2 Å². The molecule has 4 N–H and O–H groups in total. The van der Waals surface area contributed by atoms with Crippen molar-refractivity contribution in [1.82, 2.24) is 9.97 Å². The highest BCUT2D eigenvalue weighted by molar-refractivity contribution is 5.62. The fraction of sp³-hybridized carbons (Fsp3) is 0.231. The van der Waals surface area contributed by atoms with Crippen LogP contribution >= 0.6 is 0 Å². The van der Waals surface area contributed by atoms with Gasteiger partial charge in [0.2, 0.25) is 0 Å². The van der Waals surface area contributed by atoms with E-state index in [-0.39, 0.29) is 17.3 Å². The van der Waals surface area contributed by atoms with E-state index in [1.165, 1.54) is 0 Å². The molecule has 0 unspecified atom stereocenters. The lowest BCUT2D eigenvalue weighted by atomic mass is 10.1. The van der Waals surface area contributed by atoms with Crippen LogP contribution in [0, 0.1) is 26.6 Å². The highest BCUT2D eigenvalue weighted by atomic mass is 19.1. The molecule has 1 heterocycles. The highest BCUT2D eigenvalue weighted by Crippen LogP contribution is 2.28. The van der Waals surface area contributed by atoms with Crippen molar-refractivity contribution < 1.29 is 9.50 Å². The van der Waals surface area contributed by atoms with Crippen molar-refractivity contribution in [3.05, 3.63) is 34.8 Å². The molecule has 0 atom stereocenters. The third kappa shape index (κ3) is 2.34. The number of halogens is 1. The van der Waals surface area contributed by atoms with Crippen molar-refractivity contribution in [2.45, 2.75) is 20.8 Å². The lowest BCUT2D eigenvalue weighted by Gasteiger charge is -2.10. The fourth-order valence-electron chi connectivity index (χ4n) is 1.87. The molecular weight excluding hydrogens is 247 g/mol. The van der Waals surface area contributed by atoms with Crippen LogP contribution in [0.1, 0.15) is 16.8 Å². The second-order valence-corrected chi connectivity index (χ2v) is 4.40. The van der Waals surface area contributed by atoms with Crippen molar-refractivity contribution in [1.29, 1.82) is 0 Å². The van der Waals surface area contributed by atoms with E-state index in [2.05, 4.69) is 15.4 Å². The largest absolute Gasteiger partial charge is 0.507 e. The van der Waals surface area contributed by atoms with Crippen LogP contribution in [0.5, 0.6) is 5.75 Å². The number of aromatic hydroxyl groups is 1. The molecule has 6 heteroatoms. The Hall–Kier alpha value is -2.21. The number of rotatable bonds is 2. The summed E-state index contributed by atoms with van der Waals surface area (Å²) >= 11 is 0. The van der Waals surface area contributed by atoms with Gasteiger partial charge in [-0.1, -0.05) is 0 Å². The van der Waals surface area contributed by atoms with E-state index >= 15 is 0 Å². The molecule has 0 amide bonds. The van der Waals surface area contributed by atoms with Gasteiger partial charge in [-0.2, -0.15) is 0 Å². The van der Waals surface area contributed by atoms with Crippen LogP contribution < -0.4 is 11.3 Å². The first kappa shape index (κ1) is 13.2. The molecule has 0 saturated carbocycles. The zero-order valence-electron chi connectivity index (χ0n) is 11.0. The molecule has 2 rings (SSSR count). The Bertz CT molecular complexity index is 620. The number of nitrogens with zero attached hydrogens (tertiary/aromatic N) is 2. The topological polar surface area (TPSA) is 84.1 Å². The van der Waals surface area contributed by atoms with Crippen molar-refractivity contribution in [2.24, 2.45) is 5.84 Å². The van der Waals surface area contributed by atoms with Gasteiger partial charge >= 0.3 is 0 Å². The molecule has 0 saturated heterocycles. The number of hydrogen-bond acceptors (Lipinski definition) is 5. The van der Waals surface area contributed by atoms with Crippen molar-refractivity contribution >= 4 is 5.82 Å². The van der Waals surface area contributed by atoms with E-state index < -0.39 is 5.82 Å². The van der Waals surface area contributed by atoms with E-state index in [0.717, 1.165) is 0 Å². The molecule has 0 aliphatic rings. The summed E-state index contributed by atoms with van der Waals surface area (Å²) < 4.78 is 13.6. The quantitative estimate of drug-likeness (QED) is 0.570. The number of phenolic OH excluding ortho intramolecular Hbond substituents is 1. The lowest BCUT2D eigenvalue weighted by molar-refractivity contribution is 0.467. The van der Waals surface area contributed by atoms with E-state index in [0.29, 0.717) is 22.5 Å². The van der Waals surface area contributed by atoms with Crippen LogP contribution in [0.3, 0.4) is 0 Å². The Morgan fingerprint density at radius 1 is 1.16 bits per heavy atom. The normalized spacial score (nSPS) is 10.6. The van der Waals surface area contributed by atoms with Crippen molar-refractivity contribution in [3.8, 4) is 17.1 Å². The number of phenols is 1. The van der Waals surface area contributed by atoms with Crippen molar-refractivity contribution in [3.63, 3.8) is 0 Å². The number of aryl methyl sites for hydroxylation is 3. The Morgan fingerprint density at radius 3 is 2.26 bits per heavy atom. The van der Waals surface area contributed by atoms with E-state index in [1.54, 1.807) is 32.9 Å². The molecule has 1 aromatic heterocycles. The first-order valence-corrected chi connectivity index (χ1v) is 5.75. The zero-order valence-corrected chi connectivity index (χ0v) is 11.0. The van der Waals surface area contributed by atoms with Gasteiger partial charge < -0.3 is 10.5 Å². The van der Waals surface area contributed by atoms with Gasteiger partial charge in [0.1, 0.15) is 5.75 Å². The number of aromatic nitrogens is 2. The molecule has 1 aromatic carbocycles. The molecule has 0 fully saturated rings. The molecule has 0 aliphatic heterocycles. The van der Waals surface area contributed by atoms with Gasteiger partial charge in [0.25, 0.3) is 0 Å².